The molecule has 1 heterocycles. The van der Waals surface area contributed by atoms with Crippen molar-refractivity contribution in [3.63, 3.8) is 0 Å². The number of methoxy groups -OCH3 is 1. The van der Waals surface area contributed by atoms with E-state index in [-0.39, 0.29) is 5.91 Å². The molecule has 3 amide bonds. The van der Waals surface area contributed by atoms with Crippen molar-refractivity contribution in [2.45, 2.75) is 0 Å². The van der Waals surface area contributed by atoms with E-state index < -0.39 is 6.03 Å². The first-order valence-corrected chi connectivity index (χ1v) is 8.96. The molecule has 1 aliphatic rings. The van der Waals surface area contributed by atoms with Crippen molar-refractivity contribution in [2.24, 2.45) is 0 Å². The normalized spacial score (nSPS) is 12.2. The fourth-order valence-corrected chi connectivity index (χ4v) is 3.06. The Kier molecular flexibility index (Phi) is 4.78. The average molecular weight is 389 g/mol. The molecule has 0 aliphatic carbocycles. The van der Waals surface area contributed by atoms with Crippen LogP contribution in [0.2, 0.25) is 0 Å². The standard InChI is InChI=1S/C22H19N3O4/c1-25-18-5-3-4-6-20(18)29-19-12-9-15(13-17(19)21(25)26)24-22(27)23-14-7-10-16(28-2)11-8-14/h3-13H,1-2H3,(H2,23,24,27). The Morgan fingerprint density at radius 3 is 2.38 bits per heavy atom. The number of anilines is 3. The van der Waals surface area contributed by atoms with Crippen LogP contribution >= 0.6 is 0 Å². The van der Waals surface area contributed by atoms with E-state index in [1.165, 1.54) is 4.90 Å². The molecule has 0 saturated heterocycles. The number of ether oxygens (including phenoxy) is 2. The number of carbonyl (C=O) groups is 2. The maximum absolute atomic E-state index is 12.9. The molecule has 1 aliphatic heterocycles. The van der Waals surface area contributed by atoms with Crippen molar-refractivity contribution in [2.75, 3.05) is 29.7 Å². The molecule has 3 aromatic rings. The zero-order chi connectivity index (χ0) is 20.4. The van der Waals surface area contributed by atoms with E-state index in [1.54, 1.807) is 56.6 Å². The number of para-hydroxylation sites is 2. The molecular formula is C22H19N3O4. The summed E-state index contributed by atoms with van der Waals surface area (Å²) in [6, 6.07) is 18.8. The summed E-state index contributed by atoms with van der Waals surface area (Å²) in [4.78, 5) is 26.7. The van der Waals surface area contributed by atoms with Crippen LogP contribution in [0.5, 0.6) is 17.2 Å². The molecule has 7 nitrogen and oxygen atoms in total. The van der Waals surface area contributed by atoms with E-state index in [0.29, 0.717) is 39.9 Å². The molecule has 7 heteroatoms. The summed E-state index contributed by atoms with van der Waals surface area (Å²) in [7, 11) is 3.27. The van der Waals surface area contributed by atoms with Gasteiger partial charge in [0.1, 0.15) is 11.5 Å². The second-order valence-electron chi connectivity index (χ2n) is 6.45. The predicted octanol–water partition coefficient (Wildman–Crippen LogP) is 4.72. The van der Waals surface area contributed by atoms with Gasteiger partial charge >= 0.3 is 6.03 Å². The zero-order valence-electron chi connectivity index (χ0n) is 15.9. The van der Waals surface area contributed by atoms with Gasteiger partial charge in [0.15, 0.2) is 5.75 Å². The highest BCUT2D eigenvalue weighted by Gasteiger charge is 2.25. The van der Waals surface area contributed by atoms with Crippen LogP contribution in [0.1, 0.15) is 10.4 Å². The maximum atomic E-state index is 12.9. The van der Waals surface area contributed by atoms with Crippen molar-refractivity contribution in [3.8, 4) is 17.2 Å². The predicted molar refractivity (Wildman–Crippen MR) is 111 cm³/mol. The van der Waals surface area contributed by atoms with E-state index in [4.69, 9.17) is 9.47 Å². The van der Waals surface area contributed by atoms with E-state index >= 15 is 0 Å². The Labute approximate surface area is 167 Å². The third kappa shape index (κ3) is 3.70. The Morgan fingerprint density at radius 1 is 0.931 bits per heavy atom. The topological polar surface area (TPSA) is 79.9 Å². The van der Waals surface area contributed by atoms with Gasteiger partial charge < -0.3 is 25.0 Å². The summed E-state index contributed by atoms with van der Waals surface area (Å²) in [6.45, 7) is 0. The van der Waals surface area contributed by atoms with Crippen molar-refractivity contribution >= 4 is 29.0 Å². The Morgan fingerprint density at radius 2 is 1.62 bits per heavy atom. The van der Waals surface area contributed by atoms with Gasteiger partial charge in [-0.25, -0.2) is 4.79 Å². The van der Waals surface area contributed by atoms with Gasteiger partial charge in [0, 0.05) is 18.4 Å². The molecule has 4 rings (SSSR count). The van der Waals surface area contributed by atoms with Gasteiger partial charge in [-0.15, -0.1) is 0 Å². The molecule has 0 spiro atoms. The number of nitrogens with zero attached hydrogens (tertiary/aromatic N) is 1. The highest BCUT2D eigenvalue weighted by Crippen LogP contribution is 2.38. The molecule has 0 bridgehead atoms. The number of hydrogen-bond acceptors (Lipinski definition) is 4. The molecule has 146 valence electrons. The number of hydrogen-bond donors (Lipinski definition) is 2. The lowest BCUT2D eigenvalue weighted by molar-refractivity contribution is 0.0993. The smallest absolute Gasteiger partial charge is 0.323 e. The van der Waals surface area contributed by atoms with E-state index in [9.17, 15) is 9.59 Å². The summed E-state index contributed by atoms with van der Waals surface area (Å²) < 4.78 is 11.0. The highest BCUT2D eigenvalue weighted by molar-refractivity contribution is 6.10. The molecule has 2 N–H and O–H groups in total. The largest absolute Gasteiger partial charge is 0.497 e. The minimum Gasteiger partial charge on any atom is -0.497 e. The fourth-order valence-electron chi connectivity index (χ4n) is 3.06. The van der Waals surface area contributed by atoms with Crippen LogP contribution in [0.3, 0.4) is 0 Å². The number of fused-ring (bicyclic) bond motifs is 2. The highest BCUT2D eigenvalue weighted by atomic mass is 16.5. The number of carbonyl (C=O) groups excluding carboxylic acids is 2. The van der Waals surface area contributed by atoms with Crippen LogP contribution in [-0.4, -0.2) is 26.1 Å². The lowest BCUT2D eigenvalue weighted by Crippen LogP contribution is -2.25. The third-order valence-corrected chi connectivity index (χ3v) is 4.57. The first-order valence-electron chi connectivity index (χ1n) is 8.96. The van der Waals surface area contributed by atoms with Gasteiger partial charge in [-0.05, 0) is 54.6 Å². The molecule has 0 radical (unpaired) electrons. The monoisotopic (exact) mass is 389 g/mol. The SMILES string of the molecule is COc1ccc(NC(=O)Nc2ccc3c(c2)C(=O)N(C)c2ccccc2O3)cc1. The molecule has 0 saturated carbocycles. The molecule has 0 aromatic heterocycles. The fraction of sp³-hybridized carbons (Fsp3) is 0.0909. The van der Waals surface area contributed by atoms with Gasteiger partial charge in [-0.1, -0.05) is 12.1 Å². The van der Waals surface area contributed by atoms with Crippen LogP contribution in [0.4, 0.5) is 21.9 Å². The molecule has 3 aromatic carbocycles. The maximum Gasteiger partial charge on any atom is 0.323 e. The summed E-state index contributed by atoms with van der Waals surface area (Å²) in [6.07, 6.45) is 0. The molecule has 0 atom stereocenters. The summed E-state index contributed by atoms with van der Waals surface area (Å²) in [5, 5.41) is 5.47. The van der Waals surface area contributed by atoms with Gasteiger partial charge in [0.2, 0.25) is 0 Å². The summed E-state index contributed by atoms with van der Waals surface area (Å²) in [5.41, 5.74) is 2.14. The summed E-state index contributed by atoms with van der Waals surface area (Å²) >= 11 is 0. The quantitative estimate of drug-likeness (QED) is 0.679. The lowest BCUT2D eigenvalue weighted by Gasteiger charge is -2.16. The molecule has 0 unspecified atom stereocenters. The van der Waals surface area contributed by atoms with Crippen molar-refractivity contribution in [3.05, 3.63) is 72.3 Å². The summed E-state index contributed by atoms with van der Waals surface area (Å²) in [5.74, 6) is 1.52. The van der Waals surface area contributed by atoms with Crippen LogP contribution in [-0.2, 0) is 0 Å². The van der Waals surface area contributed by atoms with Gasteiger partial charge in [0.25, 0.3) is 5.91 Å². The number of rotatable bonds is 3. The molecular weight excluding hydrogens is 370 g/mol. The van der Waals surface area contributed by atoms with E-state index in [2.05, 4.69) is 10.6 Å². The first kappa shape index (κ1) is 18.4. The number of nitrogens with one attached hydrogen (secondary N) is 2. The second kappa shape index (κ2) is 7.55. The minimum absolute atomic E-state index is 0.218. The molecule has 0 fully saturated rings. The number of urea groups is 1. The van der Waals surface area contributed by atoms with Gasteiger partial charge in [-0.3, -0.25) is 4.79 Å². The van der Waals surface area contributed by atoms with Crippen molar-refractivity contribution < 1.29 is 19.1 Å². The third-order valence-electron chi connectivity index (χ3n) is 4.57. The van der Waals surface area contributed by atoms with Crippen LogP contribution in [0, 0.1) is 0 Å². The Balaban J connectivity index is 1.53. The van der Waals surface area contributed by atoms with E-state index in [1.807, 2.05) is 24.3 Å². The average Bonchev–Trinajstić information content (AvgIpc) is 2.84. The zero-order valence-corrected chi connectivity index (χ0v) is 15.9. The number of benzene rings is 3. The van der Waals surface area contributed by atoms with E-state index in [0.717, 1.165) is 0 Å². The van der Waals surface area contributed by atoms with Gasteiger partial charge in [0.05, 0.1) is 18.4 Å². The van der Waals surface area contributed by atoms with Crippen molar-refractivity contribution in [1.29, 1.82) is 0 Å². The first-order chi connectivity index (χ1) is 14.0. The lowest BCUT2D eigenvalue weighted by atomic mass is 10.1. The van der Waals surface area contributed by atoms with Crippen LogP contribution in [0.25, 0.3) is 0 Å². The number of amides is 3. The van der Waals surface area contributed by atoms with Gasteiger partial charge in [-0.2, -0.15) is 0 Å². The minimum atomic E-state index is -0.422. The molecule has 29 heavy (non-hydrogen) atoms. The van der Waals surface area contributed by atoms with Crippen molar-refractivity contribution in [1.82, 2.24) is 0 Å². The van der Waals surface area contributed by atoms with Crippen LogP contribution in [0.15, 0.2) is 66.7 Å². The van der Waals surface area contributed by atoms with Crippen LogP contribution < -0.4 is 25.0 Å². The Bertz CT molecular complexity index is 1080. The second-order valence-corrected chi connectivity index (χ2v) is 6.45. The Hall–Kier alpha value is -4.00.